The summed E-state index contributed by atoms with van der Waals surface area (Å²) in [7, 11) is 0. The molecule has 6 nitrogen and oxygen atoms in total. The molecule has 0 spiro atoms. The van der Waals surface area contributed by atoms with Gasteiger partial charge in [0.1, 0.15) is 5.76 Å². The van der Waals surface area contributed by atoms with Gasteiger partial charge in [-0.15, -0.1) is 0 Å². The van der Waals surface area contributed by atoms with E-state index in [0.29, 0.717) is 36.9 Å². The second-order valence-corrected chi connectivity index (χ2v) is 6.15. The Hall–Kier alpha value is -1.85. The zero-order chi connectivity index (χ0) is 14.8. The second-order valence-electron chi connectivity index (χ2n) is 6.15. The summed E-state index contributed by atoms with van der Waals surface area (Å²) in [6.45, 7) is 0.580. The molecule has 0 radical (unpaired) electrons. The van der Waals surface area contributed by atoms with Gasteiger partial charge in [0.2, 0.25) is 0 Å². The summed E-state index contributed by atoms with van der Waals surface area (Å²) in [5, 5.41) is 15.6. The van der Waals surface area contributed by atoms with E-state index in [1.165, 1.54) is 0 Å². The number of hydrogen-bond acceptors (Lipinski definition) is 4. The fourth-order valence-electron chi connectivity index (χ4n) is 2.90. The Morgan fingerprint density at radius 2 is 1.95 bits per heavy atom. The molecule has 0 aliphatic heterocycles. The number of carboxylic acid groups (broad SMARTS) is 1. The predicted molar refractivity (Wildman–Crippen MR) is 73.9 cm³/mol. The Kier molecular flexibility index (Phi) is 3.94. The van der Waals surface area contributed by atoms with Crippen molar-refractivity contribution in [2.45, 2.75) is 44.4 Å². The zero-order valence-corrected chi connectivity index (χ0v) is 11.9. The van der Waals surface area contributed by atoms with Crippen LogP contribution in [0, 0.1) is 11.8 Å². The molecule has 2 fully saturated rings. The zero-order valence-electron chi connectivity index (χ0n) is 11.9. The van der Waals surface area contributed by atoms with Gasteiger partial charge < -0.3 is 14.9 Å². The summed E-state index contributed by atoms with van der Waals surface area (Å²) in [6.07, 6.45) is 5.33. The number of nitrogens with one attached hydrogen (secondary N) is 1. The third-order valence-electron chi connectivity index (χ3n) is 4.49. The molecule has 1 amide bonds. The molecular formula is C15H20N2O4. The van der Waals surface area contributed by atoms with E-state index < -0.39 is 5.97 Å². The van der Waals surface area contributed by atoms with Crippen LogP contribution in [0.3, 0.4) is 0 Å². The Bertz CT molecular complexity index is 528. The lowest BCUT2D eigenvalue weighted by molar-refractivity contribution is -0.143. The second kappa shape index (κ2) is 5.87. The maximum atomic E-state index is 12.0. The van der Waals surface area contributed by atoms with Gasteiger partial charge in [-0.25, -0.2) is 0 Å². The molecule has 3 rings (SSSR count). The maximum Gasteiger partial charge on any atom is 0.306 e. The number of amides is 1. The third kappa shape index (κ3) is 3.43. The smallest absolute Gasteiger partial charge is 0.306 e. The van der Waals surface area contributed by atoms with Crippen molar-refractivity contribution >= 4 is 11.9 Å². The maximum absolute atomic E-state index is 12.0. The van der Waals surface area contributed by atoms with E-state index in [1.54, 1.807) is 6.07 Å². The summed E-state index contributed by atoms with van der Waals surface area (Å²) in [5.74, 6) is 0.499. The van der Waals surface area contributed by atoms with Crippen LogP contribution in [0.1, 0.15) is 60.7 Å². The Labute approximate surface area is 122 Å². The van der Waals surface area contributed by atoms with Crippen LogP contribution in [0.15, 0.2) is 10.6 Å². The summed E-state index contributed by atoms with van der Waals surface area (Å²) >= 11 is 0. The van der Waals surface area contributed by atoms with Crippen LogP contribution in [0.25, 0.3) is 0 Å². The number of aliphatic carboxylic acids is 1. The highest BCUT2D eigenvalue weighted by Crippen LogP contribution is 2.40. The molecule has 1 aromatic heterocycles. The minimum atomic E-state index is -0.701. The minimum Gasteiger partial charge on any atom is -0.481 e. The van der Waals surface area contributed by atoms with Crippen molar-refractivity contribution in [3.8, 4) is 0 Å². The molecule has 1 heterocycles. The number of aromatic nitrogens is 1. The molecule has 2 aliphatic rings. The molecule has 2 aliphatic carbocycles. The van der Waals surface area contributed by atoms with Crippen molar-refractivity contribution < 1.29 is 19.2 Å². The topological polar surface area (TPSA) is 92.4 Å². The van der Waals surface area contributed by atoms with Crippen molar-refractivity contribution in [2.75, 3.05) is 6.54 Å². The first-order valence-corrected chi connectivity index (χ1v) is 7.61. The van der Waals surface area contributed by atoms with Crippen LogP contribution in [0.4, 0.5) is 0 Å². The van der Waals surface area contributed by atoms with Gasteiger partial charge in [0, 0.05) is 18.5 Å². The number of carbonyl (C=O) groups is 2. The molecule has 1 aromatic rings. The number of carbonyl (C=O) groups excluding carboxylic acids is 1. The van der Waals surface area contributed by atoms with Gasteiger partial charge in [0.05, 0.1) is 5.92 Å². The van der Waals surface area contributed by atoms with Crippen LogP contribution in [0.2, 0.25) is 0 Å². The summed E-state index contributed by atoms with van der Waals surface area (Å²) < 4.78 is 5.17. The Morgan fingerprint density at radius 1 is 1.24 bits per heavy atom. The van der Waals surface area contributed by atoms with Crippen molar-refractivity contribution in [3.63, 3.8) is 0 Å². The Morgan fingerprint density at radius 3 is 2.57 bits per heavy atom. The first kappa shape index (κ1) is 14.1. The number of nitrogens with zero attached hydrogens (tertiary/aromatic N) is 1. The standard InChI is InChI=1S/C15H20N2O4/c18-14(12-7-13(21-17-12)10-5-6-10)16-8-9-1-3-11(4-2-9)15(19)20/h7,9-11H,1-6,8H2,(H,16,18)(H,19,20). The van der Waals surface area contributed by atoms with Crippen LogP contribution in [0.5, 0.6) is 0 Å². The lowest BCUT2D eigenvalue weighted by Gasteiger charge is -2.25. The van der Waals surface area contributed by atoms with Crippen LogP contribution in [-0.4, -0.2) is 28.7 Å². The first-order valence-electron chi connectivity index (χ1n) is 7.61. The normalized spacial score (nSPS) is 25.5. The van der Waals surface area contributed by atoms with Crippen LogP contribution in [-0.2, 0) is 4.79 Å². The monoisotopic (exact) mass is 292 g/mol. The summed E-state index contributed by atoms with van der Waals surface area (Å²) in [6, 6.07) is 1.73. The number of rotatable bonds is 5. The van der Waals surface area contributed by atoms with Gasteiger partial charge in [-0.05, 0) is 44.4 Å². The largest absolute Gasteiger partial charge is 0.481 e. The summed E-state index contributed by atoms with van der Waals surface area (Å²) in [4.78, 5) is 22.9. The average Bonchev–Trinajstić information content (AvgIpc) is 3.22. The molecule has 2 N–H and O–H groups in total. The lowest BCUT2D eigenvalue weighted by atomic mass is 9.82. The van der Waals surface area contributed by atoms with E-state index in [9.17, 15) is 9.59 Å². The van der Waals surface area contributed by atoms with E-state index in [-0.39, 0.29) is 11.8 Å². The quantitative estimate of drug-likeness (QED) is 0.867. The van der Waals surface area contributed by atoms with Crippen molar-refractivity contribution in [3.05, 3.63) is 17.5 Å². The minimum absolute atomic E-state index is 0.203. The van der Waals surface area contributed by atoms with Gasteiger partial charge in [0.15, 0.2) is 5.69 Å². The number of hydrogen-bond donors (Lipinski definition) is 2. The first-order chi connectivity index (χ1) is 10.1. The molecule has 21 heavy (non-hydrogen) atoms. The highest BCUT2D eigenvalue weighted by atomic mass is 16.5. The highest BCUT2D eigenvalue weighted by molar-refractivity contribution is 5.92. The van der Waals surface area contributed by atoms with E-state index in [1.807, 2.05) is 0 Å². The van der Waals surface area contributed by atoms with Crippen molar-refractivity contribution in [1.82, 2.24) is 10.5 Å². The van der Waals surface area contributed by atoms with Gasteiger partial charge in [-0.1, -0.05) is 5.16 Å². The third-order valence-corrected chi connectivity index (χ3v) is 4.49. The van der Waals surface area contributed by atoms with E-state index in [0.717, 1.165) is 31.4 Å². The van der Waals surface area contributed by atoms with E-state index >= 15 is 0 Å². The van der Waals surface area contributed by atoms with Crippen LogP contribution >= 0.6 is 0 Å². The van der Waals surface area contributed by atoms with Gasteiger partial charge in [0.25, 0.3) is 5.91 Å². The van der Waals surface area contributed by atoms with Gasteiger partial charge in [-0.2, -0.15) is 0 Å². The fourth-order valence-corrected chi connectivity index (χ4v) is 2.90. The molecule has 0 saturated heterocycles. The predicted octanol–water partition coefficient (Wildman–Crippen LogP) is 2.17. The molecule has 0 unspecified atom stereocenters. The molecule has 2 saturated carbocycles. The molecule has 0 aromatic carbocycles. The van der Waals surface area contributed by atoms with Gasteiger partial charge in [-0.3, -0.25) is 9.59 Å². The van der Waals surface area contributed by atoms with Crippen LogP contribution < -0.4 is 5.32 Å². The molecule has 0 atom stereocenters. The molecular weight excluding hydrogens is 272 g/mol. The van der Waals surface area contributed by atoms with Crippen molar-refractivity contribution in [2.24, 2.45) is 11.8 Å². The molecule has 0 bridgehead atoms. The van der Waals surface area contributed by atoms with Crippen molar-refractivity contribution in [1.29, 1.82) is 0 Å². The summed E-state index contributed by atoms with van der Waals surface area (Å²) in [5.41, 5.74) is 0.344. The SMILES string of the molecule is O=C(NCC1CCC(C(=O)O)CC1)c1cc(C2CC2)on1. The Balaban J connectivity index is 1.44. The lowest BCUT2D eigenvalue weighted by Crippen LogP contribution is -2.32. The fraction of sp³-hybridized carbons (Fsp3) is 0.667. The number of carboxylic acids is 1. The highest BCUT2D eigenvalue weighted by Gasteiger charge is 2.29. The van der Waals surface area contributed by atoms with Gasteiger partial charge >= 0.3 is 5.97 Å². The molecule has 6 heteroatoms. The average molecular weight is 292 g/mol. The van der Waals surface area contributed by atoms with E-state index in [4.69, 9.17) is 9.63 Å². The molecule has 114 valence electrons. The van der Waals surface area contributed by atoms with E-state index in [2.05, 4.69) is 10.5 Å².